The zero-order valence-corrected chi connectivity index (χ0v) is 18.4. The van der Waals surface area contributed by atoms with E-state index in [4.69, 9.17) is 4.74 Å². The summed E-state index contributed by atoms with van der Waals surface area (Å²) in [5, 5.41) is 11.3. The number of para-hydroxylation sites is 1. The van der Waals surface area contributed by atoms with Crippen LogP contribution in [-0.2, 0) is 18.3 Å². The summed E-state index contributed by atoms with van der Waals surface area (Å²) in [7, 11) is 2.11. The first kappa shape index (κ1) is 20.0. The number of likely N-dealkylation sites (tertiary alicyclic amines) is 1. The standard InChI is InChI=1S/C23H29N5OS/c1-27-22(25-26-23(27)30-16-19-5-4-14-29-19)17-9-12-28(13-10-17)15-18-8-11-24-21-7-3-2-6-20(18)21/h2-3,6-8,11,17,19H,4-5,9-10,12-16H2,1H3/t19-/m1/s1. The average Bonchev–Trinajstić information content (AvgIpc) is 3.43. The van der Waals surface area contributed by atoms with Crippen LogP contribution in [0.15, 0.2) is 41.7 Å². The average molecular weight is 424 g/mol. The number of nitrogens with zero attached hydrogens (tertiary/aromatic N) is 5. The fourth-order valence-corrected chi connectivity index (χ4v) is 5.62. The van der Waals surface area contributed by atoms with Crippen molar-refractivity contribution in [1.82, 2.24) is 24.6 Å². The molecule has 1 atom stereocenters. The van der Waals surface area contributed by atoms with Crippen LogP contribution in [0.3, 0.4) is 0 Å². The lowest BCUT2D eigenvalue weighted by Gasteiger charge is -2.31. The number of pyridine rings is 1. The fraction of sp³-hybridized carbons (Fsp3) is 0.522. The molecule has 0 aliphatic carbocycles. The van der Waals surface area contributed by atoms with Gasteiger partial charge < -0.3 is 9.30 Å². The lowest BCUT2D eigenvalue weighted by atomic mass is 9.95. The van der Waals surface area contributed by atoms with Crippen molar-refractivity contribution in [3.8, 4) is 0 Å². The third-order valence-corrected chi connectivity index (χ3v) is 7.53. The highest BCUT2D eigenvalue weighted by atomic mass is 32.2. The molecule has 5 rings (SSSR count). The molecule has 3 aromatic rings. The van der Waals surface area contributed by atoms with E-state index in [1.54, 1.807) is 11.8 Å². The zero-order valence-electron chi connectivity index (χ0n) is 17.5. The normalized spacial score (nSPS) is 20.9. The fourth-order valence-electron chi connectivity index (χ4n) is 4.63. The highest BCUT2D eigenvalue weighted by molar-refractivity contribution is 7.99. The van der Waals surface area contributed by atoms with Crippen LogP contribution in [0.4, 0.5) is 0 Å². The summed E-state index contributed by atoms with van der Waals surface area (Å²) < 4.78 is 7.94. The third kappa shape index (κ3) is 4.24. The van der Waals surface area contributed by atoms with Crippen molar-refractivity contribution >= 4 is 22.7 Å². The molecule has 0 unspecified atom stereocenters. The molecule has 0 saturated carbocycles. The van der Waals surface area contributed by atoms with Crippen LogP contribution in [0.25, 0.3) is 10.9 Å². The second-order valence-electron chi connectivity index (χ2n) is 8.38. The van der Waals surface area contributed by atoms with E-state index in [0.717, 1.165) is 61.3 Å². The van der Waals surface area contributed by atoms with Crippen LogP contribution in [0.2, 0.25) is 0 Å². The van der Waals surface area contributed by atoms with Gasteiger partial charge in [0.1, 0.15) is 5.82 Å². The van der Waals surface area contributed by atoms with Crippen LogP contribution >= 0.6 is 11.8 Å². The van der Waals surface area contributed by atoms with E-state index in [9.17, 15) is 0 Å². The molecular weight excluding hydrogens is 394 g/mol. The molecule has 2 aliphatic heterocycles. The summed E-state index contributed by atoms with van der Waals surface area (Å²) in [6.07, 6.45) is 6.92. The van der Waals surface area contributed by atoms with E-state index < -0.39 is 0 Å². The maximum atomic E-state index is 5.74. The SMILES string of the molecule is Cn1c(SC[C@H]2CCCO2)nnc1C1CCN(Cc2ccnc3ccccc23)CC1. The number of ether oxygens (including phenoxy) is 1. The predicted octanol–water partition coefficient (Wildman–Crippen LogP) is 4.01. The Hall–Kier alpha value is -1.96. The van der Waals surface area contributed by atoms with Crippen molar-refractivity contribution in [2.75, 3.05) is 25.4 Å². The van der Waals surface area contributed by atoms with Gasteiger partial charge in [-0.25, -0.2) is 0 Å². The number of hydrogen-bond donors (Lipinski definition) is 0. The highest BCUT2D eigenvalue weighted by Crippen LogP contribution is 2.30. The van der Waals surface area contributed by atoms with Crippen molar-refractivity contribution in [2.45, 2.75) is 49.4 Å². The minimum Gasteiger partial charge on any atom is -0.377 e. The number of thioether (sulfide) groups is 1. The van der Waals surface area contributed by atoms with Crippen LogP contribution in [-0.4, -0.2) is 56.2 Å². The van der Waals surface area contributed by atoms with Gasteiger partial charge in [0.05, 0.1) is 11.6 Å². The molecule has 2 aliphatic rings. The van der Waals surface area contributed by atoms with Crippen LogP contribution in [0.1, 0.15) is 43.0 Å². The van der Waals surface area contributed by atoms with Gasteiger partial charge in [0.2, 0.25) is 0 Å². The Balaban J connectivity index is 1.19. The molecule has 1 aromatic carbocycles. The number of hydrogen-bond acceptors (Lipinski definition) is 6. The Kier molecular flexibility index (Phi) is 6.02. The summed E-state index contributed by atoms with van der Waals surface area (Å²) in [5.41, 5.74) is 2.45. The van der Waals surface area contributed by atoms with Gasteiger partial charge in [0.15, 0.2) is 5.16 Å². The Morgan fingerprint density at radius 1 is 1.10 bits per heavy atom. The summed E-state index contributed by atoms with van der Waals surface area (Å²) in [6, 6.07) is 10.6. The Morgan fingerprint density at radius 3 is 2.80 bits per heavy atom. The minimum atomic E-state index is 0.377. The molecule has 2 fully saturated rings. The number of aromatic nitrogens is 4. The molecule has 2 aromatic heterocycles. The summed E-state index contributed by atoms with van der Waals surface area (Å²) in [4.78, 5) is 7.05. The monoisotopic (exact) mass is 423 g/mol. The number of rotatable bonds is 6. The quantitative estimate of drug-likeness (QED) is 0.558. The molecule has 0 N–H and O–H groups in total. The Bertz CT molecular complexity index is 987. The minimum absolute atomic E-state index is 0.377. The van der Waals surface area contributed by atoms with E-state index in [0.29, 0.717) is 12.0 Å². The maximum Gasteiger partial charge on any atom is 0.191 e. The first-order valence-electron chi connectivity index (χ1n) is 11.0. The number of fused-ring (bicyclic) bond motifs is 1. The summed E-state index contributed by atoms with van der Waals surface area (Å²) in [6.45, 7) is 4.07. The molecule has 6 nitrogen and oxygen atoms in total. The summed E-state index contributed by atoms with van der Waals surface area (Å²) in [5.74, 6) is 2.61. The second kappa shape index (κ2) is 9.04. The first-order chi connectivity index (χ1) is 14.8. The van der Waals surface area contributed by atoms with E-state index in [-0.39, 0.29) is 0 Å². The van der Waals surface area contributed by atoms with Crippen molar-refractivity contribution in [3.63, 3.8) is 0 Å². The van der Waals surface area contributed by atoms with E-state index in [1.165, 1.54) is 23.8 Å². The van der Waals surface area contributed by atoms with Crippen LogP contribution in [0, 0.1) is 0 Å². The Labute approximate surface area is 182 Å². The number of benzene rings is 1. The topological polar surface area (TPSA) is 56.1 Å². The predicted molar refractivity (Wildman–Crippen MR) is 120 cm³/mol. The van der Waals surface area contributed by atoms with Gasteiger partial charge in [0, 0.05) is 43.5 Å². The number of piperidine rings is 1. The molecule has 0 radical (unpaired) electrons. The van der Waals surface area contributed by atoms with Gasteiger partial charge in [-0.3, -0.25) is 9.88 Å². The molecule has 0 bridgehead atoms. The van der Waals surface area contributed by atoms with E-state index >= 15 is 0 Å². The van der Waals surface area contributed by atoms with Gasteiger partial charge in [0.25, 0.3) is 0 Å². The molecule has 158 valence electrons. The smallest absolute Gasteiger partial charge is 0.191 e. The molecule has 4 heterocycles. The molecule has 2 saturated heterocycles. The summed E-state index contributed by atoms with van der Waals surface area (Å²) >= 11 is 1.78. The van der Waals surface area contributed by atoms with Gasteiger partial charge in [-0.1, -0.05) is 30.0 Å². The van der Waals surface area contributed by atoms with Gasteiger partial charge >= 0.3 is 0 Å². The van der Waals surface area contributed by atoms with Crippen molar-refractivity contribution in [3.05, 3.63) is 47.9 Å². The van der Waals surface area contributed by atoms with Crippen LogP contribution in [0.5, 0.6) is 0 Å². The largest absolute Gasteiger partial charge is 0.377 e. The lowest BCUT2D eigenvalue weighted by molar-refractivity contribution is 0.129. The first-order valence-corrected chi connectivity index (χ1v) is 11.9. The molecule has 30 heavy (non-hydrogen) atoms. The second-order valence-corrected chi connectivity index (χ2v) is 9.37. The van der Waals surface area contributed by atoms with Crippen molar-refractivity contribution in [1.29, 1.82) is 0 Å². The maximum absolute atomic E-state index is 5.74. The molecule has 0 spiro atoms. The molecule has 7 heteroatoms. The molecular formula is C23H29N5OS. The van der Waals surface area contributed by atoms with E-state index in [1.807, 2.05) is 6.20 Å². The highest BCUT2D eigenvalue weighted by Gasteiger charge is 2.26. The van der Waals surface area contributed by atoms with Gasteiger partial charge in [-0.15, -0.1) is 10.2 Å². The Morgan fingerprint density at radius 2 is 1.97 bits per heavy atom. The van der Waals surface area contributed by atoms with Crippen LogP contribution < -0.4 is 0 Å². The lowest BCUT2D eigenvalue weighted by Crippen LogP contribution is -2.33. The van der Waals surface area contributed by atoms with Gasteiger partial charge in [-0.2, -0.15) is 0 Å². The van der Waals surface area contributed by atoms with Crippen molar-refractivity contribution in [2.24, 2.45) is 7.05 Å². The molecule has 0 amide bonds. The van der Waals surface area contributed by atoms with E-state index in [2.05, 4.69) is 62.0 Å². The third-order valence-electron chi connectivity index (χ3n) is 6.38. The van der Waals surface area contributed by atoms with Crippen molar-refractivity contribution < 1.29 is 4.74 Å². The van der Waals surface area contributed by atoms with Gasteiger partial charge in [-0.05, 0) is 56.5 Å². The zero-order chi connectivity index (χ0) is 20.3.